The number of halogens is 2. The zero-order valence-corrected chi connectivity index (χ0v) is 13.2. The van der Waals surface area contributed by atoms with Crippen molar-refractivity contribution in [3.63, 3.8) is 0 Å². The van der Waals surface area contributed by atoms with Crippen LogP contribution in [0.4, 0.5) is 10.1 Å². The number of rotatable bonds is 3. The molecular weight excluding hydrogens is 369 g/mol. The van der Waals surface area contributed by atoms with Gasteiger partial charge in [0.1, 0.15) is 16.8 Å². The number of nitrogens with one attached hydrogen (secondary N) is 1. The first-order valence-corrected chi connectivity index (χ1v) is 7.98. The Morgan fingerprint density at radius 2 is 2.05 bits per heavy atom. The van der Waals surface area contributed by atoms with Crippen molar-refractivity contribution in [2.24, 2.45) is 0 Å². The Hall–Kier alpha value is -1.52. The number of anilines is 1. The number of likely N-dealkylation sites (N-methyl/N-ethyl adjacent to an activating group) is 1. The van der Waals surface area contributed by atoms with Gasteiger partial charge in [-0.25, -0.2) is 12.8 Å². The van der Waals surface area contributed by atoms with Crippen LogP contribution in [0.5, 0.6) is 0 Å². The van der Waals surface area contributed by atoms with Gasteiger partial charge in [0.15, 0.2) is 0 Å². The summed E-state index contributed by atoms with van der Waals surface area (Å²) in [6.45, 7) is 0. The summed E-state index contributed by atoms with van der Waals surface area (Å²) in [5, 5.41) is 0. The molecule has 21 heavy (non-hydrogen) atoms. The maximum Gasteiger partial charge on any atom is 0.247 e. The van der Waals surface area contributed by atoms with Crippen LogP contribution in [-0.2, 0) is 19.6 Å². The van der Waals surface area contributed by atoms with Gasteiger partial charge in [-0.2, -0.15) is 4.72 Å². The lowest BCUT2D eigenvalue weighted by Crippen LogP contribution is -2.40. The largest absolute Gasteiger partial charge is 0.398 e. The fraction of sp³-hybridized carbons (Fsp3) is 0.273. The van der Waals surface area contributed by atoms with Crippen LogP contribution in [0.1, 0.15) is 6.42 Å². The second-order valence-electron chi connectivity index (χ2n) is 4.47. The molecule has 1 aromatic rings. The number of carbonyl (C=O) groups is 2. The van der Waals surface area contributed by atoms with Crippen LogP contribution in [0, 0.1) is 5.82 Å². The van der Waals surface area contributed by atoms with Crippen molar-refractivity contribution in [2.75, 3.05) is 12.8 Å². The molecule has 0 aromatic heterocycles. The number of carbonyl (C=O) groups excluding carboxylic acids is 2. The van der Waals surface area contributed by atoms with E-state index in [1.165, 1.54) is 7.05 Å². The molecule has 1 unspecified atom stereocenters. The lowest BCUT2D eigenvalue weighted by atomic mass is 10.3. The molecule has 1 aliphatic rings. The minimum absolute atomic E-state index is 0.0303. The fourth-order valence-corrected chi connectivity index (χ4v) is 3.45. The van der Waals surface area contributed by atoms with Crippen molar-refractivity contribution in [3.05, 3.63) is 22.4 Å². The normalized spacial score (nSPS) is 19.4. The molecule has 0 bridgehead atoms. The second kappa shape index (κ2) is 5.35. The third-order valence-corrected chi connectivity index (χ3v) is 5.19. The highest BCUT2D eigenvalue weighted by Crippen LogP contribution is 2.26. The molecule has 1 fully saturated rings. The van der Waals surface area contributed by atoms with Gasteiger partial charge in [0, 0.05) is 17.2 Å². The Labute approximate surface area is 128 Å². The zero-order chi connectivity index (χ0) is 15.9. The van der Waals surface area contributed by atoms with Crippen LogP contribution < -0.4 is 10.5 Å². The Morgan fingerprint density at radius 1 is 1.43 bits per heavy atom. The summed E-state index contributed by atoms with van der Waals surface area (Å²) in [7, 11) is -3.07. The van der Waals surface area contributed by atoms with Gasteiger partial charge in [-0.05, 0) is 28.1 Å². The standard InChI is InChI=1S/C11H11BrFN3O4S/c1-16-10(17)4-8(11(16)18)15-21(19,20)9-3-7(14)5(12)2-6(9)13/h2-3,8,15H,4,14H2,1H3. The molecule has 0 saturated carbocycles. The monoisotopic (exact) mass is 379 g/mol. The summed E-state index contributed by atoms with van der Waals surface area (Å²) in [5.74, 6) is -2.22. The average molecular weight is 380 g/mol. The number of amides is 2. The van der Waals surface area contributed by atoms with E-state index in [2.05, 4.69) is 15.9 Å². The van der Waals surface area contributed by atoms with Gasteiger partial charge in [0.2, 0.25) is 21.8 Å². The van der Waals surface area contributed by atoms with Crippen LogP contribution in [0.3, 0.4) is 0 Å². The first-order chi connectivity index (χ1) is 9.63. The highest BCUT2D eigenvalue weighted by molar-refractivity contribution is 9.10. The summed E-state index contributed by atoms with van der Waals surface area (Å²) >= 11 is 2.97. The van der Waals surface area contributed by atoms with Crippen LogP contribution in [0.15, 0.2) is 21.5 Å². The average Bonchev–Trinajstić information content (AvgIpc) is 2.61. The van der Waals surface area contributed by atoms with Gasteiger partial charge in [0.05, 0.1) is 6.42 Å². The highest BCUT2D eigenvalue weighted by Gasteiger charge is 2.39. The molecule has 1 saturated heterocycles. The third kappa shape index (κ3) is 2.92. The maximum absolute atomic E-state index is 13.8. The maximum atomic E-state index is 13.8. The highest BCUT2D eigenvalue weighted by atomic mass is 79.9. The molecule has 0 radical (unpaired) electrons. The first kappa shape index (κ1) is 15.9. The van der Waals surface area contributed by atoms with E-state index in [0.29, 0.717) is 0 Å². The van der Waals surface area contributed by atoms with E-state index in [1.807, 2.05) is 4.72 Å². The molecule has 10 heteroatoms. The van der Waals surface area contributed by atoms with E-state index in [9.17, 15) is 22.4 Å². The number of likely N-dealkylation sites (tertiary alicyclic amines) is 1. The molecule has 0 aliphatic carbocycles. The lowest BCUT2D eigenvalue weighted by Gasteiger charge is -2.13. The van der Waals surface area contributed by atoms with Gasteiger partial charge in [0.25, 0.3) is 0 Å². The smallest absolute Gasteiger partial charge is 0.247 e. The number of hydrogen-bond acceptors (Lipinski definition) is 5. The van der Waals surface area contributed by atoms with E-state index < -0.39 is 38.6 Å². The van der Waals surface area contributed by atoms with Crippen LogP contribution in [-0.4, -0.2) is 38.2 Å². The van der Waals surface area contributed by atoms with Crippen LogP contribution in [0.2, 0.25) is 0 Å². The van der Waals surface area contributed by atoms with Gasteiger partial charge < -0.3 is 5.73 Å². The minimum atomic E-state index is -4.32. The summed E-state index contributed by atoms with van der Waals surface area (Å²) in [5.41, 5.74) is 5.56. The van der Waals surface area contributed by atoms with Crippen molar-refractivity contribution >= 4 is 43.5 Å². The zero-order valence-electron chi connectivity index (χ0n) is 10.8. The van der Waals surface area contributed by atoms with Crippen molar-refractivity contribution in [3.8, 4) is 0 Å². The molecule has 3 N–H and O–H groups in total. The first-order valence-electron chi connectivity index (χ1n) is 5.70. The number of benzene rings is 1. The number of hydrogen-bond donors (Lipinski definition) is 2. The van der Waals surface area contributed by atoms with Crippen LogP contribution in [0.25, 0.3) is 0 Å². The van der Waals surface area contributed by atoms with E-state index in [1.54, 1.807) is 0 Å². The van der Waals surface area contributed by atoms with Crippen molar-refractivity contribution in [2.45, 2.75) is 17.4 Å². The van der Waals surface area contributed by atoms with Crippen molar-refractivity contribution in [1.29, 1.82) is 0 Å². The molecule has 114 valence electrons. The number of nitrogens with two attached hydrogens (primary N) is 1. The van der Waals surface area contributed by atoms with E-state index in [4.69, 9.17) is 5.73 Å². The predicted molar refractivity (Wildman–Crippen MR) is 75.0 cm³/mol. The van der Waals surface area contributed by atoms with Crippen molar-refractivity contribution in [1.82, 2.24) is 9.62 Å². The Bertz CT molecular complexity index is 737. The lowest BCUT2D eigenvalue weighted by molar-refractivity contribution is -0.137. The second-order valence-corrected chi connectivity index (χ2v) is 7.01. The molecule has 1 heterocycles. The Kier molecular flexibility index (Phi) is 4.04. The van der Waals surface area contributed by atoms with Gasteiger partial charge in [-0.3, -0.25) is 14.5 Å². The third-order valence-electron chi connectivity index (χ3n) is 3.02. The van der Waals surface area contributed by atoms with Crippen LogP contribution >= 0.6 is 15.9 Å². The molecule has 1 atom stereocenters. The molecule has 1 aromatic carbocycles. The van der Waals surface area contributed by atoms with Gasteiger partial charge >= 0.3 is 0 Å². The summed E-state index contributed by atoms with van der Waals surface area (Å²) < 4.78 is 40.3. The number of nitrogen functional groups attached to an aromatic ring is 1. The fourth-order valence-electron chi connectivity index (χ4n) is 1.85. The number of imide groups is 1. The minimum Gasteiger partial charge on any atom is -0.398 e. The molecule has 2 rings (SSSR count). The predicted octanol–water partition coefficient (Wildman–Crippen LogP) is 0.206. The summed E-state index contributed by atoms with van der Waals surface area (Å²) in [6, 6.07) is 0.612. The van der Waals surface area contributed by atoms with Gasteiger partial charge in [-0.1, -0.05) is 0 Å². The topological polar surface area (TPSA) is 110 Å². The molecule has 7 nitrogen and oxygen atoms in total. The van der Waals surface area contributed by atoms with E-state index >= 15 is 0 Å². The van der Waals surface area contributed by atoms with E-state index in [0.717, 1.165) is 17.0 Å². The molecule has 2 amide bonds. The summed E-state index contributed by atoms with van der Waals surface area (Å²) in [4.78, 5) is 23.2. The van der Waals surface area contributed by atoms with E-state index in [-0.39, 0.29) is 16.6 Å². The number of sulfonamides is 1. The SMILES string of the molecule is CN1C(=O)CC(NS(=O)(=O)c2cc(N)c(Br)cc2F)C1=O. The van der Waals surface area contributed by atoms with Crippen molar-refractivity contribution < 1.29 is 22.4 Å². The van der Waals surface area contributed by atoms with Gasteiger partial charge in [-0.15, -0.1) is 0 Å². The molecular formula is C11H11BrFN3O4S. The Morgan fingerprint density at radius 3 is 2.57 bits per heavy atom. The summed E-state index contributed by atoms with van der Waals surface area (Å²) in [6.07, 6.45) is -0.303. The Balaban J connectivity index is 2.34. The number of nitrogens with zero attached hydrogens (tertiary/aromatic N) is 1. The molecule has 0 spiro atoms. The molecule has 1 aliphatic heterocycles. The quantitative estimate of drug-likeness (QED) is 0.576.